The van der Waals surface area contributed by atoms with Gasteiger partial charge < -0.3 is 16.4 Å². The Morgan fingerprint density at radius 3 is 2.76 bits per heavy atom. The molecule has 0 spiro atoms. The van der Waals surface area contributed by atoms with E-state index < -0.39 is 22.3 Å². The second-order valence-corrected chi connectivity index (χ2v) is 5.63. The molecule has 8 heteroatoms. The predicted octanol–water partition coefficient (Wildman–Crippen LogP) is 1.13. The fraction of sp³-hybridized carbons (Fsp3) is 0.462. The van der Waals surface area contributed by atoms with Crippen LogP contribution in [0.2, 0.25) is 0 Å². The highest BCUT2D eigenvalue weighted by Gasteiger charge is 2.36. The third-order valence-electron chi connectivity index (χ3n) is 3.89. The quantitative estimate of drug-likeness (QED) is 0.492. The molecule has 1 unspecified atom stereocenters. The van der Waals surface area contributed by atoms with Crippen LogP contribution in [0.3, 0.4) is 0 Å². The average molecular weight is 296 g/mol. The van der Waals surface area contributed by atoms with Crippen molar-refractivity contribution >= 4 is 17.3 Å². The first kappa shape index (κ1) is 15.2. The summed E-state index contributed by atoms with van der Waals surface area (Å²) in [5.74, 6) is -1.37. The topological polar surface area (TPSA) is 115 Å². The van der Waals surface area contributed by atoms with Crippen molar-refractivity contribution in [2.75, 3.05) is 25.4 Å². The van der Waals surface area contributed by atoms with E-state index in [1.54, 1.807) is 0 Å². The Hall–Kier alpha value is -2.22. The highest BCUT2D eigenvalue weighted by atomic mass is 19.1. The maximum absolute atomic E-state index is 13.5. The number of carbonyl (C=O) groups excluding carboxylic acids is 1. The molecule has 21 heavy (non-hydrogen) atoms. The fourth-order valence-electron chi connectivity index (χ4n) is 2.47. The van der Waals surface area contributed by atoms with Gasteiger partial charge in [0.05, 0.1) is 16.6 Å². The van der Waals surface area contributed by atoms with Crippen LogP contribution in [0.5, 0.6) is 0 Å². The zero-order chi connectivity index (χ0) is 15.8. The molecule has 0 bridgehead atoms. The van der Waals surface area contributed by atoms with Crippen LogP contribution in [0.25, 0.3) is 0 Å². The highest BCUT2D eigenvalue weighted by Crippen LogP contribution is 2.32. The Bertz CT molecular complexity index is 607. The summed E-state index contributed by atoms with van der Waals surface area (Å²) in [6, 6.07) is 1.64. The predicted molar refractivity (Wildman–Crippen MR) is 75.1 cm³/mol. The minimum atomic E-state index is -0.861. The third-order valence-corrected chi connectivity index (χ3v) is 3.89. The van der Waals surface area contributed by atoms with E-state index in [1.807, 2.05) is 6.92 Å². The molecule has 1 heterocycles. The number of nitro groups is 1. The summed E-state index contributed by atoms with van der Waals surface area (Å²) >= 11 is 0. The number of carbonyl (C=O) groups is 1. The minimum Gasteiger partial charge on any atom is -0.393 e. The minimum absolute atomic E-state index is 0.178. The van der Waals surface area contributed by atoms with Gasteiger partial charge in [0.25, 0.3) is 11.6 Å². The number of nitrogens with two attached hydrogens (primary N) is 2. The maximum atomic E-state index is 13.5. The van der Waals surface area contributed by atoms with Crippen molar-refractivity contribution in [1.82, 2.24) is 4.90 Å². The van der Waals surface area contributed by atoms with E-state index in [9.17, 15) is 19.3 Å². The molecule has 0 saturated carbocycles. The number of benzene rings is 1. The number of nitrogens with zero attached hydrogens (tertiary/aromatic N) is 2. The van der Waals surface area contributed by atoms with Crippen LogP contribution in [0.15, 0.2) is 12.1 Å². The van der Waals surface area contributed by atoms with Crippen LogP contribution in [-0.4, -0.2) is 35.4 Å². The van der Waals surface area contributed by atoms with Gasteiger partial charge in [0, 0.05) is 13.1 Å². The van der Waals surface area contributed by atoms with Gasteiger partial charge in [0.15, 0.2) is 0 Å². The number of nitro benzene ring substituents is 1. The first-order chi connectivity index (χ1) is 9.77. The first-order valence-corrected chi connectivity index (χ1v) is 6.50. The number of amides is 1. The molecule has 7 nitrogen and oxygen atoms in total. The van der Waals surface area contributed by atoms with Gasteiger partial charge in [-0.25, -0.2) is 4.39 Å². The molecular weight excluding hydrogens is 279 g/mol. The summed E-state index contributed by atoms with van der Waals surface area (Å²) in [4.78, 5) is 24.0. The van der Waals surface area contributed by atoms with E-state index >= 15 is 0 Å². The van der Waals surface area contributed by atoms with Crippen molar-refractivity contribution in [2.24, 2.45) is 11.1 Å². The lowest BCUT2D eigenvalue weighted by molar-refractivity contribution is -0.384. The van der Waals surface area contributed by atoms with Crippen LogP contribution in [0.1, 0.15) is 23.7 Å². The number of anilines is 1. The molecule has 4 N–H and O–H groups in total. The summed E-state index contributed by atoms with van der Waals surface area (Å²) in [6.45, 7) is 3.27. The lowest BCUT2D eigenvalue weighted by Crippen LogP contribution is -2.34. The lowest BCUT2D eigenvalue weighted by atomic mass is 9.90. The van der Waals surface area contributed by atoms with Crippen molar-refractivity contribution in [3.05, 3.63) is 33.6 Å². The molecule has 0 radical (unpaired) electrons. The molecule has 1 aliphatic rings. The van der Waals surface area contributed by atoms with Crippen molar-refractivity contribution in [3.8, 4) is 0 Å². The zero-order valence-electron chi connectivity index (χ0n) is 11.6. The maximum Gasteiger partial charge on any atom is 0.295 e. The van der Waals surface area contributed by atoms with Gasteiger partial charge in [0.2, 0.25) is 0 Å². The Morgan fingerprint density at radius 2 is 2.24 bits per heavy atom. The van der Waals surface area contributed by atoms with Crippen molar-refractivity contribution in [3.63, 3.8) is 0 Å². The van der Waals surface area contributed by atoms with Gasteiger partial charge in [-0.3, -0.25) is 14.9 Å². The third kappa shape index (κ3) is 2.80. The summed E-state index contributed by atoms with van der Waals surface area (Å²) in [5, 5.41) is 10.8. The molecule has 1 aromatic carbocycles. The van der Waals surface area contributed by atoms with Gasteiger partial charge >= 0.3 is 0 Å². The molecule has 0 aliphatic carbocycles. The molecule has 0 aromatic heterocycles. The van der Waals surface area contributed by atoms with E-state index in [4.69, 9.17) is 11.5 Å². The van der Waals surface area contributed by atoms with Gasteiger partial charge in [0.1, 0.15) is 11.5 Å². The summed E-state index contributed by atoms with van der Waals surface area (Å²) in [5.41, 5.74) is 10.0. The normalized spacial score (nSPS) is 21.6. The zero-order valence-corrected chi connectivity index (χ0v) is 11.6. The Balaban J connectivity index is 2.35. The number of nitrogen functional groups attached to an aromatic ring is 1. The van der Waals surface area contributed by atoms with Crippen molar-refractivity contribution < 1.29 is 14.1 Å². The van der Waals surface area contributed by atoms with Gasteiger partial charge in [-0.15, -0.1) is 0 Å². The molecular formula is C13H17FN4O3. The molecule has 1 aromatic rings. The molecule has 1 fully saturated rings. The summed E-state index contributed by atoms with van der Waals surface area (Å²) in [6.07, 6.45) is 0.729. The van der Waals surface area contributed by atoms with Crippen LogP contribution >= 0.6 is 0 Å². The van der Waals surface area contributed by atoms with E-state index in [1.165, 1.54) is 4.90 Å². The standard InChI is InChI=1S/C13H17FN4O3/c1-13(6-15)2-3-17(7-13)12(19)9-4-8(14)5-10(11(9)16)18(20)21/h4-5H,2-3,6-7,15-16H2,1H3. The Kier molecular flexibility index (Phi) is 3.82. The number of hydrogen-bond donors (Lipinski definition) is 2. The second kappa shape index (κ2) is 5.28. The molecule has 1 aliphatic heterocycles. The van der Waals surface area contributed by atoms with E-state index in [0.717, 1.165) is 12.5 Å². The van der Waals surface area contributed by atoms with E-state index in [-0.39, 0.29) is 16.7 Å². The van der Waals surface area contributed by atoms with Crippen LogP contribution in [0.4, 0.5) is 15.8 Å². The molecule has 1 amide bonds. The number of hydrogen-bond acceptors (Lipinski definition) is 5. The smallest absolute Gasteiger partial charge is 0.295 e. The van der Waals surface area contributed by atoms with Crippen LogP contribution in [0, 0.1) is 21.3 Å². The molecule has 2 rings (SSSR count). The summed E-state index contributed by atoms with van der Waals surface area (Å²) < 4.78 is 13.5. The summed E-state index contributed by atoms with van der Waals surface area (Å²) in [7, 11) is 0. The highest BCUT2D eigenvalue weighted by molar-refractivity contribution is 6.01. The number of halogens is 1. The van der Waals surface area contributed by atoms with Crippen molar-refractivity contribution in [1.29, 1.82) is 0 Å². The number of rotatable bonds is 3. The largest absolute Gasteiger partial charge is 0.393 e. The molecule has 114 valence electrons. The van der Waals surface area contributed by atoms with Gasteiger partial charge in [-0.1, -0.05) is 6.92 Å². The average Bonchev–Trinajstić information content (AvgIpc) is 2.83. The molecule has 1 saturated heterocycles. The number of likely N-dealkylation sites (tertiary alicyclic amines) is 1. The monoisotopic (exact) mass is 296 g/mol. The Morgan fingerprint density at radius 1 is 1.57 bits per heavy atom. The fourth-order valence-corrected chi connectivity index (χ4v) is 2.47. The van der Waals surface area contributed by atoms with Gasteiger partial charge in [-0.2, -0.15) is 0 Å². The molecule has 1 atom stereocenters. The van der Waals surface area contributed by atoms with E-state index in [2.05, 4.69) is 0 Å². The second-order valence-electron chi connectivity index (χ2n) is 5.63. The van der Waals surface area contributed by atoms with E-state index in [0.29, 0.717) is 25.7 Å². The Labute approximate surface area is 120 Å². The first-order valence-electron chi connectivity index (χ1n) is 6.50. The lowest BCUT2D eigenvalue weighted by Gasteiger charge is -2.23. The van der Waals surface area contributed by atoms with Crippen LogP contribution in [-0.2, 0) is 0 Å². The van der Waals surface area contributed by atoms with Gasteiger partial charge in [-0.05, 0) is 24.4 Å². The SMILES string of the molecule is CC1(CN)CCN(C(=O)c2cc(F)cc([N+](=O)[O-])c2N)C1. The van der Waals surface area contributed by atoms with Crippen LogP contribution < -0.4 is 11.5 Å². The van der Waals surface area contributed by atoms with Crippen molar-refractivity contribution in [2.45, 2.75) is 13.3 Å².